The zero-order valence-electron chi connectivity index (χ0n) is 11.3. The van der Waals surface area contributed by atoms with Crippen LogP contribution in [0.1, 0.15) is 25.3 Å². The molecule has 0 bridgehead atoms. The Morgan fingerprint density at radius 3 is 2.78 bits per heavy atom. The molecule has 0 atom stereocenters. The number of rotatable bonds is 5. The Morgan fingerprint density at radius 1 is 1.17 bits per heavy atom. The molecule has 0 saturated carbocycles. The lowest BCUT2D eigenvalue weighted by Crippen LogP contribution is -2.25. The minimum absolute atomic E-state index is 0.847. The second-order valence-electron chi connectivity index (χ2n) is 4.80. The molecule has 1 aliphatic rings. The van der Waals surface area contributed by atoms with Crippen molar-refractivity contribution in [1.82, 2.24) is 5.32 Å². The molecule has 3 nitrogen and oxygen atoms in total. The van der Waals surface area contributed by atoms with Crippen molar-refractivity contribution in [2.75, 3.05) is 37.7 Å². The Bertz CT molecular complexity index is 329. The van der Waals surface area contributed by atoms with Crippen LogP contribution in [0.5, 0.6) is 0 Å². The highest BCUT2D eigenvalue weighted by atomic mass is 16.5. The molecule has 18 heavy (non-hydrogen) atoms. The van der Waals surface area contributed by atoms with Crippen LogP contribution in [0.4, 0.5) is 5.69 Å². The van der Waals surface area contributed by atoms with Gasteiger partial charge >= 0.3 is 0 Å². The zero-order chi connectivity index (χ0) is 12.6. The van der Waals surface area contributed by atoms with Gasteiger partial charge in [0.1, 0.15) is 0 Å². The first-order chi connectivity index (χ1) is 8.90. The molecule has 1 aromatic carbocycles. The van der Waals surface area contributed by atoms with Crippen molar-refractivity contribution in [3.05, 3.63) is 29.8 Å². The summed E-state index contributed by atoms with van der Waals surface area (Å²) in [6.07, 6.45) is 2.31. The van der Waals surface area contributed by atoms with E-state index in [1.807, 2.05) is 0 Å². The molecule has 1 aromatic rings. The molecule has 0 unspecified atom stereocenters. The summed E-state index contributed by atoms with van der Waals surface area (Å²) >= 11 is 0. The van der Waals surface area contributed by atoms with Crippen molar-refractivity contribution in [3.63, 3.8) is 0 Å². The highest BCUT2D eigenvalue weighted by molar-refractivity contribution is 5.47. The van der Waals surface area contributed by atoms with Gasteiger partial charge in [-0.3, -0.25) is 0 Å². The maximum atomic E-state index is 5.48. The average molecular weight is 248 g/mol. The minimum Gasteiger partial charge on any atom is -0.380 e. The fraction of sp³-hybridized carbons (Fsp3) is 0.600. The van der Waals surface area contributed by atoms with Gasteiger partial charge < -0.3 is 15.0 Å². The van der Waals surface area contributed by atoms with E-state index in [9.17, 15) is 0 Å². The molecule has 0 aliphatic carbocycles. The van der Waals surface area contributed by atoms with Gasteiger partial charge in [0, 0.05) is 31.9 Å². The van der Waals surface area contributed by atoms with Gasteiger partial charge in [0.25, 0.3) is 0 Å². The standard InChI is InChI=1S/C15H24N2O/c1-2-8-16-13-14-4-6-15(7-5-14)17-9-3-11-18-12-10-17/h4-7,16H,2-3,8-13H2,1H3. The molecule has 1 N–H and O–H groups in total. The monoisotopic (exact) mass is 248 g/mol. The second-order valence-corrected chi connectivity index (χ2v) is 4.80. The van der Waals surface area contributed by atoms with E-state index in [0.717, 1.165) is 45.8 Å². The van der Waals surface area contributed by atoms with Gasteiger partial charge in [0.05, 0.1) is 6.61 Å². The molecule has 0 aromatic heterocycles. The van der Waals surface area contributed by atoms with Crippen LogP contribution >= 0.6 is 0 Å². The van der Waals surface area contributed by atoms with E-state index in [1.165, 1.54) is 17.7 Å². The molecule has 0 amide bonds. The normalized spacial score (nSPS) is 16.6. The van der Waals surface area contributed by atoms with Crippen LogP contribution in [-0.4, -0.2) is 32.8 Å². The fourth-order valence-corrected chi connectivity index (χ4v) is 2.24. The van der Waals surface area contributed by atoms with Crippen LogP contribution in [0.2, 0.25) is 0 Å². The van der Waals surface area contributed by atoms with Crippen LogP contribution in [0, 0.1) is 0 Å². The van der Waals surface area contributed by atoms with E-state index in [1.54, 1.807) is 0 Å². The Balaban J connectivity index is 1.89. The summed E-state index contributed by atoms with van der Waals surface area (Å²) in [7, 11) is 0. The molecule has 0 radical (unpaired) electrons. The van der Waals surface area contributed by atoms with Crippen LogP contribution in [-0.2, 0) is 11.3 Å². The van der Waals surface area contributed by atoms with E-state index >= 15 is 0 Å². The number of benzene rings is 1. The SMILES string of the molecule is CCCNCc1ccc(N2CCCOCC2)cc1. The third kappa shape index (κ3) is 4.00. The maximum absolute atomic E-state index is 5.48. The molecular formula is C15H24N2O. The molecule has 100 valence electrons. The third-order valence-corrected chi connectivity index (χ3v) is 3.28. The van der Waals surface area contributed by atoms with Crippen LogP contribution in [0.3, 0.4) is 0 Å². The number of hydrogen-bond donors (Lipinski definition) is 1. The molecule has 1 saturated heterocycles. The summed E-state index contributed by atoms with van der Waals surface area (Å²) in [5.41, 5.74) is 2.68. The predicted octanol–water partition coefficient (Wildman–Crippen LogP) is 2.41. The third-order valence-electron chi connectivity index (χ3n) is 3.28. The molecule has 1 fully saturated rings. The Kier molecular flexibility index (Phi) is 5.49. The fourth-order valence-electron chi connectivity index (χ4n) is 2.24. The van der Waals surface area contributed by atoms with Crippen LogP contribution in [0.25, 0.3) is 0 Å². The molecule has 3 heteroatoms. The number of ether oxygens (including phenoxy) is 1. The van der Waals surface area contributed by atoms with Crippen LogP contribution in [0.15, 0.2) is 24.3 Å². The van der Waals surface area contributed by atoms with Gasteiger partial charge in [-0.15, -0.1) is 0 Å². The van der Waals surface area contributed by atoms with Gasteiger partial charge in [-0.25, -0.2) is 0 Å². The van der Waals surface area contributed by atoms with Crippen molar-refractivity contribution in [2.24, 2.45) is 0 Å². The molecule has 0 spiro atoms. The first-order valence-corrected chi connectivity index (χ1v) is 7.02. The van der Waals surface area contributed by atoms with Gasteiger partial charge in [-0.05, 0) is 37.1 Å². The summed E-state index contributed by atoms with van der Waals surface area (Å²) in [6.45, 7) is 8.11. The highest BCUT2D eigenvalue weighted by Gasteiger charge is 2.09. The number of nitrogens with one attached hydrogen (secondary N) is 1. The lowest BCUT2D eigenvalue weighted by Gasteiger charge is -2.22. The summed E-state index contributed by atoms with van der Waals surface area (Å²) in [4.78, 5) is 2.41. The van der Waals surface area contributed by atoms with Crippen molar-refractivity contribution in [3.8, 4) is 0 Å². The van der Waals surface area contributed by atoms with E-state index in [-0.39, 0.29) is 0 Å². The average Bonchev–Trinajstić information content (AvgIpc) is 2.69. The van der Waals surface area contributed by atoms with Crippen molar-refractivity contribution < 1.29 is 4.74 Å². The lowest BCUT2D eigenvalue weighted by atomic mass is 10.2. The highest BCUT2D eigenvalue weighted by Crippen LogP contribution is 2.16. The van der Waals surface area contributed by atoms with Crippen molar-refractivity contribution >= 4 is 5.69 Å². The minimum atomic E-state index is 0.847. The summed E-state index contributed by atoms with van der Waals surface area (Å²) in [6, 6.07) is 8.91. The van der Waals surface area contributed by atoms with Gasteiger partial charge in [0.15, 0.2) is 0 Å². The smallest absolute Gasteiger partial charge is 0.0641 e. The van der Waals surface area contributed by atoms with E-state index in [2.05, 4.69) is 41.4 Å². The van der Waals surface area contributed by atoms with Gasteiger partial charge in [0.2, 0.25) is 0 Å². The largest absolute Gasteiger partial charge is 0.380 e. The Labute approximate surface area is 110 Å². The van der Waals surface area contributed by atoms with Gasteiger partial charge in [-0.2, -0.15) is 0 Å². The first-order valence-electron chi connectivity index (χ1n) is 7.02. The quantitative estimate of drug-likeness (QED) is 0.810. The predicted molar refractivity (Wildman–Crippen MR) is 76.1 cm³/mol. The van der Waals surface area contributed by atoms with Crippen molar-refractivity contribution in [1.29, 1.82) is 0 Å². The number of nitrogens with zero attached hydrogens (tertiary/aromatic N) is 1. The Morgan fingerprint density at radius 2 is 2.00 bits per heavy atom. The topological polar surface area (TPSA) is 24.5 Å². The molecule has 1 heterocycles. The molecule has 1 aliphatic heterocycles. The summed E-state index contributed by atoms with van der Waals surface area (Å²) in [5, 5.41) is 3.43. The van der Waals surface area contributed by atoms with E-state index in [0.29, 0.717) is 0 Å². The molecular weight excluding hydrogens is 224 g/mol. The van der Waals surface area contributed by atoms with E-state index in [4.69, 9.17) is 4.74 Å². The van der Waals surface area contributed by atoms with Gasteiger partial charge in [-0.1, -0.05) is 19.1 Å². The maximum Gasteiger partial charge on any atom is 0.0641 e. The van der Waals surface area contributed by atoms with Crippen molar-refractivity contribution in [2.45, 2.75) is 26.3 Å². The molecule has 2 rings (SSSR count). The van der Waals surface area contributed by atoms with Crippen LogP contribution < -0.4 is 10.2 Å². The van der Waals surface area contributed by atoms with E-state index < -0.39 is 0 Å². The zero-order valence-corrected chi connectivity index (χ0v) is 11.3. The summed E-state index contributed by atoms with van der Waals surface area (Å²) in [5.74, 6) is 0. The summed E-state index contributed by atoms with van der Waals surface area (Å²) < 4.78 is 5.48. The lowest BCUT2D eigenvalue weighted by molar-refractivity contribution is 0.152. The number of anilines is 1. The Hall–Kier alpha value is -1.06. The first kappa shape index (κ1) is 13.4. The number of hydrogen-bond acceptors (Lipinski definition) is 3. The second kappa shape index (κ2) is 7.39.